The molecule has 1 atom stereocenters. The molecule has 1 aromatic carbocycles. The standard InChI is InChI=1S/C14H17ClN4O2S/c1-21-11(8-16)7-12(20)17-14-19-18-13(22-14)6-9-3-2-4-10(15)5-9/h2-5,11H,6-8,16H2,1H3,(H,17,19,20). The molecule has 0 saturated carbocycles. The molecule has 0 spiro atoms. The Morgan fingerprint density at radius 3 is 3.00 bits per heavy atom. The number of hydrogen-bond donors (Lipinski definition) is 2. The van der Waals surface area contributed by atoms with Gasteiger partial charge in [-0.2, -0.15) is 0 Å². The van der Waals surface area contributed by atoms with Crippen molar-refractivity contribution in [2.45, 2.75) is 18.9 Å². The maximum Gasteiger partial charge on any atom is 0.228 e. The molecule has 6 nitrogen and oxygen atoms in total. The van der Waals surface area contributed by atoms with E-state index in [1.165, 1.54) is 18.4 Å². The van der Waals surface area contributed by atoms with Crippen LogP contribution in [0.15, 0.2) is 24.3 Å². The topological polar surface area (TPSA) is 90.1 Å². The second-order valence-electron chi connectivity index (χ2n) is 4.65. The van der Waals surface area contributed by atoms with Crippen LogP contribution in [0.25, 0.3) is 0 Å². The lowest BCUT2D eigenvalue weighted by molar-refractivity contribution is -0.118. The van der Waals surface area contributed by atoms with E-state index in [1.807, 2.05) is 24.3 Å². The molecule has 22 heavy (non-hydrogen) atoms. The van der Waals surface area contributed by atoms with Crippen molar-refractivity contribution in [3.8, 4) is 0 Å². The summed E-state index contributed by atoms with van der Waals surface area (Å²) in [5.41, 5.74) is 6.53. The first-order valence-electron chi connectivity index (χ1n) is 6.70. The molecular weight excluding hydrogens is 324 g/mol. The summed E-state index contributed by atoms with van der Waals surface area (Å²) in [6.45, 7) is 0.292. The van der Waals surface area contributed by atoms with Crippen molar-refractivity contribution in [2.24, 2.45) is 5.73 Å². The monoisotopic (exact) mass is 340 g/mol. The minimum atomic E-state index is -0.293. The Kier molecular flexibility index (Phi) is 6.26. The molecule has 8 heteroatoms. The summed E-state index contributed by atoms with van der Waals surface area (Å²) < 4.78 is 5.07. The number of hydrogen-bond acceptors (Lipinski definition) is 6. The Labute approximate surface area is 137 Å². The first kappa shape index (κ1) is 16.8. The third-order valence-corrected chi connectivity index (χ3v) is 4.04. The molecule has 0 aliphatic carbocycles. The molecular formula is C14H17ClN4O2S. The highest BCUT2D eigenvalue weighted by Crippen LogP contribution is 2.20. The predicted molar refractivity (Wildman–Crippen MR) is 87.3 cm³/mol. The first-order chi connectivity index (χ1) is 10.6. The van der Waals surface area contributed by atoms with E-state index >= 15 is 0 Å². The van der Waals surface area contributed by atoms with E-state index in [1.54, 1.807) is 0 Å². The first-order valence-corrected chi connectivity index (χ1v) is 7.89. The van der Waals surface area contributed by atoms with Gasteiger partial charge < -0.3 is 15.8 Å². The van der Waals surface area contributed by atoms with Gasteiger partial charge in [-0.1, -0.05) is 35.1 Å². The van der Waals surface area contributed by atoms with E-state index in [4.69, 9.17) is 22.1 Å². The van der Waals surface area contributed by atoms with E-state index in [0.29, 0.717) is 23.1 Å². The number of carbonyl (C=O) groups is 1. The summed E-state index contributed by atoms with van der Waals surface area (Å²) in [5.74, 6) is -0.192. The van der Waals surface area contributed by atoms with Crippen LogP contribution in [-0.4, -0.2) is 35.9 Å². The number of benzene rings is 1. The Bertz CT molecular complexity index is 631. The van der Waals surface area contributed by atoms with Gasteiger partial charge in [-0.25, -0.2) is 0 Å². The summed E-state index contributed by atoms with van der Waals surface area (Å²) in [4.78, 5) is 11.8. The summed E-state index contributed by atoms with van der Waals surface area (Å²) in [5, 5.41) is 12.7. The predicted octanol–water partition coefficient (Wildman–Crippen LogP) is 2.08. The molecule has 3 N–H and O–H groups in total. The molecule has 1 amide bonds. The lowest BCUT2D eigenvalue weighted by Gasteiger charge is -2.11. The number of amides is 1. The maximum absolute atomic E-state index is 11.8. The molecule has 1 unspecified atom stereocenters. The van der Waals surface area contributed by atoms with Gasteiger partial charge >= 0.3 is 0 Å². The molecule has 0 saturated heterocycles. The van der Waals surface area contributed by atoms with Gasteiger partial charge in [0.2, 0.25) is 11.0 Å². The highest BCUT2D eigenvalue weighted by Gasteiger charge is 2.14. The smallest absolute Gasteiger partial charge is 0.228 e. The second-order valence-corrected chi connectivity index (χ2v) is 6.15. The van der Waals surface area contributed by atoms with Gasteiger partial charge in [0.05, 0.1) is 12.5 Å². The van der Waals surface area contributed by atoms with Crippen LogP contribution in [0.1, 0.15) is 17.0 Å². The van der Waals surface area contributed by atoms with Crippen LogP contribution in [0.4, 0.5) is 5.13 Å². The quantitative estimate of drug-likeness (QED) is 0.805. The number of carbonyl (C=O) groups excluding carboxylic acids is 1. The number of methoxy groups -OCH3 is 1. The van der Waals surface area contributed by atoms with Gasteiger partial charge in [0, 0.05) is 25.1 Å². The Hall–Kier alpha value is -1.54. The van der Waals surface area contributed by atoms with E-state index < -0.39 is 0 Å². The minimum absolute atomic E-state index is 0.191. The zero-order valence-corrected chi connectivity index (χ0v) is 13.7. The lowest BCUT2D eigenvalue weighted by atomic mass is 10.2. The fourth-order valence-electron chi connectivity index (χ4n) is 1.84. The van der Waals surface area contributed by atoms with Crippen LogP contribution < -0.4 is 11.1 Å². The van der Waals surface area contributed by atoms with Crippen LogP contribution in [-0.2, 0) is 16.0 Å². The SMILES string of the molecule is COC(CN)CC(=O)Nc1nnc(Cc2cccc(Cl)c2)s1. The summed E-state index contributed by atoms with van der Waals surface area (Å²) >= 11 is 7.28. The lowest BCUT2D eigenvalue weighted by Crippen LogP contribution is -2.28. The number of anilines is 1. The van der Waals surface area contributed by atoms with Gasteiger partial charge in [0.1, 0.15) is 5.01 Å². The van der Waals surface area contributed by atoms with Crippen LogP contribution in [0.2, 0.25) is 5.02 Å². The van der Waals surface area contributed by atoms with E-state index in [-0.39, 0.29) is 18.4 Å². The second kappa shape index (κ2) is 8.19. The molecule has 1 aromatic heterocycles. The van der Waals surface area contributed by atoms with Gasteiger partial charge in [-0.05, 0) is 17.7 Å². The number of aromatic nitrogens is 2. The average Bonchev–Trinajstić information content (AvgIpc) is 2.91. The van der Waals surface area contributed by atoms with Crippen LogP contribution in [0, 0.1) is 0 Å². The van der Waals surface area contributed by atoms with Crippen molar-refractivity contribution in [2.75, 3.05) is 19.0 Å². The number of halogens is 1. The van der Waals surface area contributed by atoms with E-state index in [0.717, 1.165) is 10.6 Å². The van der Waals surface area contributed by atoms with Crippen molar-refractivity contribution in [3.63, 3.8) is 0 Å². The van der Waals surface area contributed by atoms with Crippen molar-refractivity contribution in [3.05, 3.63) is 39.9 Å². The van der Waals surface area contributed by atoms with Crippen molar-refractivity contribution in [1.29, 1.82) is 0 Å². The molecule has 118 valence electrons. The third-order valence-electron chi connectivity index (χ3n) is 2.97. The van der Waals surface area contributed by atoms with Crippen molar-refractivity contribution >= 4 is 34.0 Å². The molecule has 0 aliphatic rings. The van der Waals surface area contributed by atoms with Gasteiger partial charge in [-0.3, -0.25) is 4.79 Å². The molecule has 0 bridgehead atoms. The fraction of sp³-hybridized carbons (Fsp3) is 0.357. The normalized spacial score (nSPS) is 12.1. The van der Waals surface area contributed by atoms with Gasteiger partial charge in [0.25, 0.3) is 0 Å². The summed E-state index contributed by atoms with van der Waals surface area (Å²) in [7, 11) is 1.53. The number of nitrogens with zero attached hydrogens (tertiary/aromatic N) is 2. The van der Waals surface area contributed by atoms with Crippen LogP contribution >= 0.6 is 22.9 Å². The third kappa shape index (κ3) is 5.03. The molecule has 2 rings (SSSR count). The fourth-order valence-corrected chi connectivity index (χ4v) is 2.84. The summed E-state index contributed by atoms with van der Waals surface area (Å²) in [6.07, 6.45) is 0.521. The van der Waals surface area contributed by atoms with Gasteiger partial charge in [-0.15, -0.1) is 10.2 Å². The number of rotatable bonds is 7. The number of nitrogens with two attached hydrogens (primary N) is 1. The average molecular weight is 341 g/mol. The Balaban J connectivity index is 1.92. The molecule has 1 heterocycles. The largest absolute Gasteiger partial charge is 0.380 e. The number of nitrogens with one attached hydrogen (secondary N) is 1. The van der Waals surface area contributed by atoms with E-state index in [9.17, 15) is 4.79 Å². The van der Waals surface area contributed by atoms with Crippen LogP contribution in [0.3, 0.4) is 0 Å². The Morgan fingerprint density at radius 2 is 2.32 bits per heavy atom. The van der Waals surface area contributed by atoms with Gasteiger partial charge in [0.15, 0.2) is 0 Å². The van der Waals surface area contributed by atoms with Crippen molar-refractivity contribution < 1.29 is 9.53 Å². The molecule has 0 aliphatic heterocycles. The van der Waals surface area contributed by atoms with Crippen molar-refractivity contribution in [1.82, 2.24) is 10.2 Å². The molecule has 0 radical (unpaired) electrons. The zero-order valence-electron chi connectivity index (χ0n) is 12.1. The Morgan fingerprint density at radius 1 is 1.50 bits per heavy atom. The molecule has 0 fully saturated rings. The highest BCUT2D eigenvalue weighted by atomic mass is 35.5. The number of ether oxygens (including phenoxy) is 1. The maximum atomic E-state index is 11.8. The molecule has 2 aromatic rings. The van der Waals surface area contributed by atoms with E-state index in [2.05, 4.69) is 15.5 Å². The zero-order chi connectivity index (χ0) is 15.9. The highest BCUT2D eigenvalue weighted by molar-refractivity contribution is 7.15. The minimum Gasteiger partial charge on any atom is -0.380 e. The van der Waals surface area contributed by atoms with Crippen LogP contribution in [0.5, 0.6) is 0 Å². The summed E-state index contributed by atoms with van der Waals surface area (Å²) in [6, 6.07) is 7.56.